The van der Waals surface area contributed by atoms with Gasteiger partial charge in [-0.25, -0.2) is 0 Å². The molecule has 2 amide bonds. The number of hydrogen-bond donors (Lipinski definition) is 2. The number of amides is 2. The van der Waals surface area contributed by atoms with E-state index in [1.165, 1.54) is 6.92 Å². The summed E-state index contributed by atoms with van der Waals surface area (Å²) >= 11 is 0. The van der Waals surface area contributed by atoms with Gasteiger partial charge < -0.3 is 11.1 Å². The average Bonchev–Trinajstić information content (AvgIpc) is 2.70. The predicted molar refractivity (Wildman–Crippen MR) is 71.2 cm³/mol. The van der Waals surface area contributed by atoms with Crippen molar-refractivity contribution in [1.82, 2.24) is 10.2 Å². The summed E-state index contributed by atoms with van der Waals surface area (Å²) in [5, 5.41) is 2.56. The van der Waals surface area contributed by atoms with Crippen LogP contribution in [0, 0.1) is 11.8 Å². The second-order valence-corrected chi connectivity index (χ2v) is 5.65. The third-order valence-electron chi connectivity index (χ3n) is 3.82. The van der Waals surface area contributed by atoms with Crippen LogP contribution in [-0.2, 0) is 14.4 Å². The van der Waals surface area contributed by atoms with Crippen LogP contribution >= 0.6 is 0 Å². The van der Waals surface area contributed by atoms with Crippen LogP contribution in [0.3, 0.4) is 0 Å². The number of ketones is 1. The number of rotatable bonds is 5. The normalized spacial score (nSPS) is 25.3. The predicted octanol–water partition coefficient (Wildman–Crippen LogP) is -0.478. The highest BCUT2D eigenvalue weighted by Crippen LogP contribution is 2.27. The Bertz CT molecular complexity index is 381. The summed E-state index contributed by atoms with van der Waals surface area (Å²) in [6.45, 7) is 6.61. The summed E-state index contributed by atoms with van der Waals surface area (Å²) in [5.74, 6) is -1.01. The van der Waals surface area contributed by atoms with Gasteiger partial charge in [0.1, 0.15) is 0 Å². The van der Waals surface area contributed by atoms with Crippen molar-refractivity contribution in [3.63, 3.8) is 0 Å². The number of nitrogens with zero attached hydrogens (tertiary/aromatic N) is 1. The fourth-order valence-electron chi connectivity index (χ4n) is 2.42. The molecule has 108 valence electrons. The van der Waals surface area contributed by atoms with Gasteiger partial charge in [0.15, 0.2) is 0 Å². The minimum Gasteiger partial charge on any atom is -0.363 e. The average molecular weight is 269 g/mol. The molecule has 2 unspecified atom stereocenters. The molecular formula is C13H23N3O3. The maximum absolute atomic E-state index is 12.1. The molecule has 0 aromatic rings. The Kier molecular flexibility index (Phi) is 5.05. The summed E-state index contributed by atoms with van der Waals surface area (Å²) < 4.78 is 0. The minimum absolute atomic E-state index is 0.215. The summed E-state index contributed by atoms with van der Waals surface area (Å²) in [5.41, 5.74) is 4.90. The van der Waals surface area contributed by atoms with Crippen LogP contribution in [0.1, 0.15) is 27.2 Å². The molecule has 0 aliphatic carbocycles. The second-order valence-electron chi connectivity index (χ2n) is 5.65. The van der Waals surface area contributed by atoms with Gasteiger partial charge in [0.25, 0.3) is 5.91 Å². The molecule has 3 atom stereocenters. The van der Waals surface area contributed by atoms with E-state index >= 15 is 0 Å². The van der Waals surface area contributed by atoms with Crippen molar-refractivity contribution < 1.29 is 14.4 Å². The van der Waals surface area contributed by atoms with Crippen LogP contribution < -0.4 is 11.1 Å². The summed E-state index contributed by atoms with van der Waals surface area (Å²) in [6.07, 6.45) is 0.775. The fourth-order valence-corrected chi connectivity index (χ4v) is 2.42. The van der Waals surface area contributed by atoms with Gasteiger partial charge in [-0.2, -0.15) is 0 Å². The van der Waals surface area contributed by atoms with E-state index in [1.807, 2.05) is 11.9 Å². The van der Waals surface area contributed by atoms with E-state index < -0.39 is 17.7 Å². The summed E-state index contributed by atoms with van der Waals surface area (Å²) in [7, 11) is 1.90. The quantitative estimate of drug-likeness (QED) is 0.659. The van der Waals surface area contributed by atoms with Crippen LogP contribution in [-0.4, -0.2) is 48.2 Å². The lowest BCUT2D eigenvalue weighted by molar-refractivity contribution is -0.138. The van der Waals surface area contributed by atoms with Crippen LogP contribution in [0.2, 0.25) is 0 Å². The number of likely N-dealkylation sites (tertiary alicyclic amines) is 1. The first-order chi connectivity index (χ1) is 8.73. The standard InChI is InChI=1S/C13H23N3O3/c1-7(2)9-5-10(16(4)6-9)13(19)15-8(3)11(17)12(14)18/h7-10H,5-6H2,1-4H3,(H2,14,18)(H,15,19)/t8?,9?,10-/m0/s1. The molecule has 0 aromatic carbocycles. The van der Waals surface area contributed by atoms with Gasteiger partial charge in [0.05, 0.1) is 12.1 Å². The number of hydrogen-bond acceptors (Lipinski definition) is 4. The number of likely N-dealkylation sites (N-methyl/N-ethyl adjacent to an activating group) is 1. The Hall–Kier alpha value is -1.43. The van der Waals surface area contributed by atoms with E-state index in [4.69, 9.17) is 5.73 Å². The van der Waals surface area contributed by atoms with E-state index in [0.717, 1.165) is 13.0 Å². The van der Waals surface area contributed by atoms with Crippen molar-refractivity contribution in [2.45, 2.75) is 39.3 Å². The first-order valence-electron chi connectivity index (χ1n) is 6.58. The Morgan fingerprint density at radius 3 is 2.26 bits per heavy atom. The number of primary amides is 1. The zero-order valence-corrected chi connectivity index (χ0v) is 12.0. The summed E-state index contributed by atoms with van der Waals surface area (Å²) in [6, 6.07) is -1.10. The number of Topliss-reactive ketones (excluding diaryl/α,β-unsaturated/α-hetero) is 1. The van der Waals surface area contributed by atoms with E-state index in [-0.39, 0.29) is 11.9 Å². The zero-order valence-electron chi connectivity index (χ0n) is 12.0. The van der Waals surface area contributed by atoms with Crippen molar-refractivity contribution >= 4 is 17.6 Å². The van der Waals surface area contributed by atoms with Crippen molar-refractivity contribution in [2.24, 2.45) is 17.6 Å². The van der Waals surface area contributed by atoms with Crippen LogP contribution in [0.5, 0.6) is 0 Å². The van der Waals surface area contributed by atoms with Crippen LogP contribution in [0.4, 0.5) is 0 Å². The number of nitrogens with one attached hydrogen (secondary N) is 1. The van der Waals surface area contributed by atoms with Gasteiger partial charge in [-0.3, -0.25) is 19.3 Å². The van der Waals surface area contributed by atoms with Gasteiger partial charge in [0, 0.05) is 6.54 Å². The maximum atomic E-state index is 12.1. The summed E-state index contributed by atoms with van der Waals surface area (Å²) in [4.78, 5) is 36.2. The molecule has 1 rings (SSSR count). The fraction of sp³-hybridized carbons (Fsp3) is 0.769. The lowest BCUT2D eigenvalue weighted by atomic mass is 9.93. The lowest BCUT2D eigenvalue weighted by Crippen LogP contribution is -2.49. The molecule has 19 heavy (non-hydrogen) atoms. The van der Waals surface area contributed by atoms with E-state index in [2.05, 4.69) is 19.2 Å². The number of carbonyl (C=O) groups excluding carboxylic acids is 3. The third-order valence-corrected chi connectivity index (χ3v) is 3.82. The SMILES string of the molecule is CC(NC(=O)[C@@H]1CC(C(C)C)CN1C)C(=O)C(N)=O. The van der Waals surface area contributed by atoms with Crippen molar-refractivity contribution in [3.05, 3.63) is 0 Å². The molecule has 0 saturated carbocycles. The molecule has 0 bridgehead atoms. The minimum atomic E-state index is -1.02. The molecule has 1 aliphatic heterocycles. The Labute approximate surface area is 113 Å². The molecule has 3 N–H and O–H groups in total. The molecule has 1 heterocycles. The molecular weight excluding hydrogens is 246 g/mol. The Morgan fingerprint density at radius 2 is 1.84 bits per heavy atom. The lowest BCUT2D eigenvalue weighted by Gasteiger charge is -2.20. The molecule has 6 heteroatoms. The smallest absolute Gasteiger partial charge is 0.287 e. The van der Waals surface area contributed by atoms with Gasteiger partial charge in [0.2, 0.25) is 11.7 Å². The van der Waals surface area contributed by atoms with Gasteiger partial charge in [-0.1, -0.05) is 13.8 Å². The van der Waals surface area contributed by atoms with Crippen LogP contribution in [0.25, 0.3) is 0 Å². The van der Waals surface area contributed by atoms with Crippen molar-refractivity contribution in [3.8, 4) is 0 Å². The molecule has 1 saturated heterocycles. The molecule has 1 fully saturated rings. The highest BCUT2D eigenvalue weighted by atomic mass is 16.2. The monoisotopic (exact) mass is 269 g/mol. The molecule has 6 nitrogen and oxygen atoms in total. The Morgan fingerprint density at radius 1 is 1.26 bits per heavy atom. The van der Waals surface area contributed by atoms with Crippen LogP contribution in [0.15, 0.2) is 0 Å². The first kappa shape index (κ1) is 15.6. The topological polar surface area (TPSA) is 92.5 Å². The maximum Gasteiger partial charge on any atom is 0.287 e. The number of carbonyl (C=O) groups is 3. The zero-order chi connectivity index (χ0) is 14.7. The highest BCUT2D eigenvalue weighted by molar-refractivity contribution is 6.37. The van der Waals surface area contributed by atoms with Crippen molar-refractivity contribution in [2.75, 3.05) is 13.6 Å². The first-order valence-corrected chi connectivity index (χ1v) is 6.58. The molecule has 0 radical (unpaired) electrons. The number of nitrogens with two attached hydrogens (primary N) is 1. The van der Waals surface area contributed by atoms with Crippen molar-refractivity contribution in [1.29, 1.82) is 0 Å². The van der Waals surface area contributed by atoms with Gasteiger partial charge in [-0.05, 0) is 32.2 Å². The third kappa shape index (κ3) is 3.76. The van der Waals surface area contributed by atoms with Gasteiger partial charge >= 0.3 is 0 Å². The van der Waals surface area contributed by atoms with Gasteiger partial charge in [-0.15, -0.1) is 0 Å². The second kappa shape index (κ2) is 6.14. The molecule has 0 spiro atoms. The van der Waals surface area contributed by atoms with E-state index in [9.17, 15) is 14.4 Å². The van der Waals surface area contributed by atoms with E-state index in [1.54, 1.807) is 0 Å². The largest absolute Gasteiger partial charge is 0.363 e. The Balaban J connectivity index is 2.59. The molecule has 1 aliphatic rings. The molecule has 0 aromatic heterocycles. The highest BCUT2D eigenvalue weighted by Gasteiger charge is 2.36. The van der Waals surface area contributed by atoms with E-state index in [0.29, 0.717) is 11.8 Å².